The predicted molar refractivity (Wildman–Crippen MR) is 123 cm³/mol. The Morgan fingerprint density at radius 1 is 0.862 bits per heavy atom. The first-order chi connectivity index (χ1) is 14.1. The number of ether oxygens (including phenoxy) is 1. The Balaban J connectivity index is 1.79. The van der Waals surface area contributed by atoms with Crippen molar-refractivity contribution in [2.24, 2.45) is 5.92 Å². The van der Waals surface area contributed by atoms with Crippen molar-refractivity contribution in [2.45, 2.75) is 65.7 Å². The van der Waals surface area contributed by atoms with Gasteiger partial charge in [0.25, 0.3) is 0 Å². The minimum absolute atomic E-state index is 0.244. The molecule has 3 heteroatoms. The third-order valence-corrected chi connectivity index (χ3v) is 5.39. The average Bonchev–Trinajstić information content (AvgIpc) is 2.77. The summed E-state index contributed by atoms with van der Waals surface area (Å²) in [6.07, 6.45) is 8.90. The summed E-state index contributed by atoms with van der Waals surface area (Å²) in [7, 11) is 0. The van der Waals surface area contributed by atoms with Crippen molar-refractivity contribution in [1.29, 1.82) is 0 Å². The van der Waals surface area contributed by atoms with Gasteiger partial charge in [-0.2, -0.15) is 0 Å². The molecule has 0 amide bonds. The topological polar surface area (TPSA) is 38.3 Å². The second-order valence-electron chi connectivity index (χ2n) is 7.96. The summed E-state index contributed by atoms with van der Waals surface area (Å²) in [6.45, 7) is 7.94. The number of esters is 1. The maximum Gasteiger partial charge on any atom is 0.338 e. The molecule has 0 heterocycles. The molecule has 0 aliphatic heterocycles. The van der Waals surface area contributed by atoms with Crippen molar-refractivity contribution in [1.82, 2.24) is 0 Å². The summed E-state index contributed by atoms with van der Waals surface area (Å²) in [5, 5.41) is 3.50. The lowest BCUT2D eigenvalue weighted by atomic mass is 10.0. The molecule has 0 aliphatic rings. The molecule has 0 aromatic heterocycles. The molecule has 2 rings (SSSR count). The van der Waals surface area contributed by atoms with Crippen LogP contribution in [0.1, 0.15) is 76.1 Å². The molecule has 1 unspecified atom stereocenters. The highest BCUT2D eigenvalue weighted by Crippen LogP contribution is 2.22. The van der Waals surface area contributed by atoms with E-state index in [0.29, 0.717) is 18.1 Å². The summed E-state index contributed by atoms with van der Waals surface area (Å²) in [6, 6.07) is 16.2. The van der Waals surface area contributed by atoms with Gasteiger partial charge in [0.15, 0.2) is 0 Å². The van der Waals surface area contributed by atoms with Crippen LogP contribution in [0.15, 0.2) is 48.5 Å². The molecule has 2 aromatic rings. The molecule has 1 atom stereocenters. The summed E-state index contributed by atoms with van der Waals surface area (Å²) >= 11 is 0. The molecular formula is C26H37NO2. The van der Waals surface area contributed by atoms with E-state index < -0.39 is 0 Å². The van der Waals surface area contributed by atoms with E-state index in [4.69, 9.17) is 4.74 Å². The van der Waals surface area contributed by atoms with Gasteiger partial charge in [0, 0.05) is 12.2 Å². The van der Waals surface area contributed by atoms with Gasteiger partial charge in [0.2, 0.25) is 0 Å². The van der Waals surface area contributed by atoms with Crippen molar-refractivity contribution in [3.8, 4) is 11.1 Å². The minimum atomic E-state index is -0.244. The Morgan fingerprint density at radius 2 is 1.45 bits per heavy atom. The van der Waals surface area contributed by atoms with Crippen LogP contribution in [0.25, 0.3) is 11.1 Å². The van der Waals surface area contributed by atoms with E-state index in [1.165, 1.54) is 38.5 Å². The lowest BCUT2D eigenvalue weighted by Gasteiger charge is -2.10. The fourth-order valence-electron chi connectivity index (χ4n) is 3.14. The molecule has 29 heavy (non-hydrogen) atoms. The van der Waals surface area contributed by atoms with Crippen LogP contribution in [0, 0.1) is 5.92 Å². The number of hydrogen-bond donors (Lipinski definition) is 1. The lowest BCUT2D eigenvalue weighted by Crippen LogP contribution is -2.11. The molecule has 1 N–H and O–H groups in total. The average molecular weight is 396 g/mol. The highest BCUT2D eigenvalue weighted by Gasteiger charge is 2.09. The maximum atomic E-state index is 12.1. The fourth-order valence-corrected chi connectivity index (χ4v) is 3.14. The van der Waals surface area contributed by atoms with E-state index in [1.54, 1.807) is 0 Å². The zero-order valence-corrected chi connectivity index (χ0v) is 18.4. The Morgan fingerprint density at radius 3 is 2.07 bits per heavy atom. The zero-order valence-electron chi connectivity index (χ0n) is 18.4. The molecule has 0 bridgehead atoms. The van der Waals surface area contributed by atoms with Crippen LogP contribution in [-0.4, -0.2) is 19.1 Å². The molecular weight excluding hydrogens is 358 g/mol. The van der Waals surface area contributed by atoms with Crippen LogP contribution in [0.5, 0.6) is 0 Å². The van der Waals surface area contributed by atoms with E-state index >= 15 is 0 Å². The predicted octanol–water partition coefficient (Wildman–Crippen LogP) is 7.33. The van der Waals surface area contributed by atoms with Crippen molar-refractivity contribution < 1.29 is 9.53 Å². The molecule has 158 valence electrons. The van der Waals surface area contributed by atoms with Gasteiger partial charge in [-0.3, -0.25) is 0 Å². The summed E-state index contributed by atoms with van der Waals surface area (Å²) in [5.74, 6) is 0.150. The molecule has 0 radical (unpaired) electrons. The summed E-state index contributed by atoms with van der Waals surface area (Å²) < 4.78 is 5.37. The Kier molecular flexibility index (Phi) is 10.3. The van der Waals surface area contributed by atoms with E-state index in [9.17, 15) is 4.79 Å². The first-order valence-corrected chi connectivity index (χ1v) is 11.3. The third kappa shape index (κ3) is 8.31. The minimum Gasteiger partial charge on any atom is -0.462 e. The Hall–Kier alpha value is -2.29. The van der Waals surface area contributed by atoms with Gasteiger partial charge >= 0.3 is 5.97 Å². The van der Waals surface area contributed by atoms with Crippen molar-refractivity contribution in [3.05, 3.63) is 54.1 Å². The Bertz CT molecular complexity index is 706. The third-order valence-electron chi connectivity index (χ3n) is 5.39. The number of carbonyl (C=O) groups excluding carboxylic acids is 1. The van der Waals surface area contributed by atoms with E-state index in [0.717, 1.165) is 29.8 Å². The number of nitrogens with one attached hydrogen (secondary N) is 1. The first-order valence-electron chi connectivity index (χ1n) is 11.3. The Labute approximate surface area is 176 Å². The van der Waals surface area contributed by atoms with Crippen LogP contribution in [0.4, 0.5) is 5.69 Å². The number of rotatable bonds is 13. The second kappa shape index (κ2) is 13.0. The van der Waals surface area contributed by atoms with Gasteiger partial charge in [-0.15, -0.1) is 0 Å². The summed E-state index contributed by atoms with van der Waals surface area (Å²) in [5.41, 5.74) is 4.02. The van der Waals surface area contributed by atoms with Gasteiger partial charge in [-0.25, -0.2) is 4.79 Å². The number of anilines is 1. The SMILES string of the molecule is CCCCCCCCNc1ccc(-c2ccc(C(=O)OCC(C)CC)cc2)cc1. The van der Waals surface area contributed by atoms with E-state index in [1.807, 2.05) is 24.3 Å². The number of unbranched alkanes of at least 4 members (excludes halogenated alkanes) is 5. The molecule has 0 aliphatic carbocycles. The van der Waals surface area contributed by atoms with Crippen molar-refractivity contribution in [3.63, 3.8) is 0 Å². The molecule has 0 saturated heterocycles. The van der Waals surface area contributed by atoms with Crippen LogP contribution in [0.2, 0.25) is 0 Å². The summed E-state index contributed by atoms with van der Waals surface area (Å²) in [4.78, 5) is 12.1. The molecule has 0 spiro atoms. The maximum absolute atomic E-state index is 12.1. The normalized spacial score (nSPS) is 11.8. The molecule has 2 aromatic carbocycles. The van der Waals surface area contributed by atoms with Crippen LogP contribution in [-0.2, 0) is 4.74 Å². The second-order valence-corrected chi connectivity index (χ2v) is 7.96. The van der Waals surface area contributed by atoms with Crippen LogP contribution >= 0.6 is 0 Å². The lowest BCUT2D eigenvalue weighted by molar-refractivity contribution is 0.0447. The van der Waals surface area contributed by atoms with Crippen LogP contribution in [0.3, 0.4) is 0 Å². The van der Waals surface area contributed by atoms with Gasteiger partial charge in [0.1, 0.15) is 0 Å². The largest absolute Gasteiger partial charge is 0.462 e. The van der Waals surface area contributed by atoms with Gasteiger partial charge in [-0.05, 0) is 47.7 Å². The first kappa shape index (κ1) is 23.0. The van der Waals surface area contributed by atoms with Crippen molar-refractivity contribution in [2.75, 3.05) is 18.5 Å². The van der Waals surface area contributed by atoms with Gasteiger partial charge < -0.3 is 10.1 Å². The highest BCUT2D eigenvalue weighted by atomic mass is 16.5. The van der Waals surface area contributed by atoms with Gasteiger partial charge in [0.05, 0.1) is 12.2 Å². The van der Waals surface area contributed by atoms with Gasteiger partial charge in [-0.1, -0.05) is 83.6 Å². The highest BCUT2D eigenvalue weighted by molar-refractivity contribution is 5.90. The fraction of sp³-hybridized carbons (Fsp3) is 0.500. The molecule has 0 saturated carbocycles. The monoisotopic (exact) mass is 395 g/mol. The quantitative estimate of drug-likeness (QED) is 0.285. The standard InChI is InChI=1S/C26H37NO2/c1-4-6-7-8-9-10-19-27-25-17-15-23(16-18-25)22-11-13-24(14-12-22)26(28)29-20-21(3)5-2/h11-18,21,27H,4-10,19-20H2,1-3H3. The smallest absolute Gasteiger partial charge is 0.338 e. The van der Waals surface area contributed by atoms with Crippen LogP contribution < -0.4 is 5.32 Å². The molecule has 0 fully saturated rings. The number of carbonyl (C=O) groups is 1. The van der Waals surface area contributed by atoms with E-state index in [-0.39, 0.29) is 5.97 Å². The van der Waals surface area contributed by atoms with Crippen molar-refractivity contribution >= 4 is 11.7 Å². The number of hydrogen-bond acceptors (Lipinski definition) is 3. The zero-order chi connectivity index (χ0) is 20.9. The molecule has 3 nitrogen and oxygen atoms in total. The van der Waals surface area contributed by atoms with E-state index in [2.05, 4.69) is 50.4 Å². The number of benzene rings is 2.